The Morgan fingerprint density at radius 1 is 1.54 bits per heavy atom. The zero-order chi connectivity index (χ0) is 9.26. The van der Waals surface area contributed by atoms with Crippen LogP contribution in [0.1, 0.15) is 42.7 Å². The van der Waals surface area contributed by atoms with E-state index in [9.17, 15) is 4.79 Å². The minimum Gasteiger partial charge on any atom is -0.342 e. The van der Waals surface area contributed by atoms with Crippen LogP contribution in [0.3, 0.4) is 0 Å². The second-order valence-electron chi connectivity index (χ2n) is 4.03. The van der Waals surface area contributed by atoms with E-state index in [1.807, 2.05) is 18.3 Å². The lowest BCUT2D eigenvalue weighted by Crippen LogP contribution is -2.07. The second-order valence-corrected chi connectivity index (χ2v) is 4.03. The molecular weight excluding hydrogens is 162 g/mol. The number of rotatable bonds is 2. The van der Waals surface area contributed by atoms with E-state index in [1.54, 1.807) is 0 Å². The van der Waals surface area contributed by atoms with Gasteiger partial charge in [-0.1, -0.05) is 6.92 Å². The van der Waals surface area contributed by atoms with Crippen LogP contribution in [0.15, 0.2) is 18.3 Å². The van der Waals surface area contributed by atoms with E-state index in [2.05, 4.69) is 11.5 Å². The molecule has 0 spiro atoms. The largest absolute Gasteiger partial charge is 0.342 e. The normalized spacial score (nSPS) is 27.8. The predicted octanol–water partition coefficient (Wildman–Crippen LogP) is 2.66. The highest BCUT2D eigenvalue weighted by molar-refractivity contribution is 5.72. The van der Waals surface area contributed by atoms with Gasteiger partial charge >= 0.3 is 0 Å². The van der Waals surface area contributed by atoms with Gasteiger partial charge < -0.3 is 4.57 Å². The Kier molecular flexibility index (Phi) is 2.21. The van der Waals surface area contributed by atoms with Crippen LogP contribution in [0.5, 0.6) is 0 Å². The van der Waals surface area contributed by atoms with Crippen molar-refractivity contribution in [3.63, 3.8) is 0 Å². The molecule has 0 aromatic carbocycles. The number of hydrogen-bond acceptors (Lipinski definition) is 1. The first-order valence-corrected chi connectivity index (χ1v) is 4.93. The topological polar surface area (TPSA) is 22.0 Å². The summed E-state index contributed by atoms with van der Waals surface area (Å²) in [6.45, 7) is 2.28. The predicted molar refractivity (Wildman–Crippen MR) is 51.9 cm³/mol. The molecule has 0 N–H and O–H groups in total. The molecule has 1 saturated carbocycles. The third kappa shape index (κ3) is 1.53. The fourth-order valence-electron chi connectivity index (χ4n) is 2.27. The molecule has 1 fully saturated rings. The third-order valence-electron chi connectivity index (χ3n) is 2.99. The molecule has 2 rings (SSSR count). The molecule has 13 heavy (non-hydrogen) atoms. The fourth-order valence-corrected chi connectivity index (χ4v) is 2.27. The molecule has 2 atom stereocenters. The van der Waals surface area contributed by atoms with Gasteiger partial charge in [0.25, 0.3) is 0 Å². The highest BCUT2D eigenvalue weighted by atomic mass is 16.1. The minimum atomic E-state index is 0.560. The van der Waals surface area contributed by atoms with Crippen LogP contribution in [0, 0.1) is 5.92 Å². The number of aromatic nitrogens is 1. The molecule has 0 radical (unpaired) electrons. The SMILES string of the molecule is CC1CCC(n2cccc2C=O)C1. The van der Waals surface area contributed by atoms with Gasteiger partial charge in [-0.05, 0) is 37.3 Å². The lowest BCUT2D eigenvalue weighted by molar-refractivity contribution is 0.111. The molecule has 1 aromatic heterocycles. The van der Waals surface area contributed by atoms with E-state index in [0.29, 0.717) is 6.04 Å². The maximum absolute atomic E-state index is 10.7. The van der Waals surface area contributed by atoms with Crippen molar-refractivity contribution in [2.45, 2.75) is 32.2 Å². The van der Waals surface area contributed by atoms with Gasteiger partial charge in [0, 0.05) is 12.2 Å². The summed E-state index contributed by atoms with van der Waals surface area (Å²) >= 11 is 0. The quantitative estimate of drug-likeness (QED) is 0.636. The zero-order valence-electron chi connectivity index (χ0n) is 7.94. The van der Waals surface area contributed by atoms with Gasteiger partial charge in [-0.3, -0.25) is 4.79 Å². The van der Waals surface area contributed by atoms with Crippen LogP contribution < -0.4 is 0 Å². The van der Waals surface area contributed by atoms with Crippen molar-refractivity contribution in [1.29, 1.82) is 0 Å². The lowest BCUT2D eigenvalue weighted by atomic mass is 10.1. The van der Waals surface area contributed by atoms with Gasteiger partial charge in [0.15, 0.2) is 6.29 Å². The molecule has 1 aromatic rings. The van der Waals surface area contributed by atoms with Gasteiger partial charge in [0.1, 0.15) is 0 Å². The van der Waals surface area contributed by atoms with Gasteiger partial charge in [0.05, 0.1) is 5.69 Å². The van der Waals surface area contributed by atoms with Crippen molar-refractivity contribution in [3.8, 4) is 0 Å². The molecule has 1 aliphatic rings. The van der Waals surface area contributed by atoms with E-state index < -0.39 is 0 Å². The first kappa shape index (κ1) is 8.54. The van der Waals surface area contributed by atoms with Crippen molar-refractivity contribution in [2.75, 3.05) is 0 Å². The average molecular weight is 177 g/mol. The molecule has 2 heteroatoms. The fraction of sp³-hybridized carbons (Fsp3) is 0.545. The first-order valence-electron chi connectivity index (χ1n) is 4.93. The summed E-state index contributed by atoms with van der Waals surface area (Å²) in [7, 11) is 0. The summed E-state index contributed by atoms with van der Waals surface area (Å²) in [4.78, 5) is 10.7. The molecule has 1 heterocycles. The summed E-state index contributed by atoms with van der Waals surface area (Å²) in [5.74, 6) is 0.812. The second kappa shape index (κ2) is 3.36. The molecule has 2 unspecified atom stereocenters. The monoisotopic (exact) mass is 177 g/mol. The Balaban J connectivity index is 2.20. The van der Waals surface area contributed by atoms with Gasteiger partial charge in [-0.2, -0.15) is 0 Å². The Morgan fingerprint density at radius 2 is 2.38 bits per heavy atom. The Hall–Kier alpha value is -1.05. The van der Waals surface area contributed by atoms with Crippen LogP contribution in [-0.2, 0) is 0 Å². The van der Waals surface area contributed by atoms with E-state index in [-0.39, 0.29) is 0 Å². The van der Waals surface area contributed by atoms with Crippen LogP contribution >= 0.6 is 0 Å². The maximum atomic E-state index is 10.7. The van der Waals surface area contributed by atoms with E-state index in [1.165, 1.54) is 19.3 Å². The number of carbonyl (C=O) groups is 1. The van der Waals surface area contributed by atoms with E-state index >= 15 is 0 Å². The Bertz CT molecular complexity index is 303. The lowest BCUT2D eigenvalue weighted by Gasteiger charge is -2.13. The smallest absolute Gasteiger partial charge is 0.166 e. The number of aldehydes is 1. The van der Waals surface area contributed by atoms with E-state index in [0.717, 1.165) is 17.9 Å². The van der Waals surface area contributed by atoms with Crippen LogP contribution in [0.4, 0.5) is 0 Å². The molecular formula is C11H15NO. The van der Waals surface area contributed by atoms with Gasteiger partial charge in [-0.25, -0.2) is 0 Å². The molecule has 0 bridgehead atoms. The summed E-state index contributed by atoms with van der Waals surface area (Å²) in [6.07, 6.45) is 6.70. The first-order chi connectivity index (χ1) is 6.31. The van der Waals surface area contributed by atoms with Gasteiger partial charge in [0.2, 0.25) is 0 Å². The van der Waals surface area contributed by atoms with E-state index in [4.69, 9.17) is 0 Å². The molecule has 2 nitrogen and oxygen atoms in total. The molecule has 1 aliphatic carbocycles. The summed E-state index contributed by atoms with van der Waals surface area (Å²) in [6, 6.07) is 4.40. The van der Waals surface area contributed by atoms with Crippen LogP contribution in [0.25, 0.3) is 0 Å². The summed E-state index contributed by atoms with van der Waals surface area (Å²) < 4.78 is 2.12. The zero-order valence-corrected chi connectivity index (χ0v) is 7.94. The molecule has 0 amide bonds. The molecule has 0 saturated heterocycles. The highest BCUT2D eigenvalue weighted by Gasteiger charge is 2.23. The number of carbonyl (C=O) groups excluding carboxylic acids is 1. The standard InChI is InChI=1S/C11H15NO/c1-9-4-5-10(7-9)12-6-2-3-11(12)8-13/h2-3,6,8-10H,4-5,7H2,1H3. The summed E-state index contributed by atoms with van der Waals surface area (Å²) in [5.41, 5.74) is 0.819. The van der Waals surface area contributed by atoms with Crippen LogP contribution in [0.2, 0.25) is 0 Å². The Labute approximate surface area is 78.6 Å². The minimum absolute atomic E-state index is 0.560. The number of nitrogens with zero attached hydrogens (tertiary/aromatic N) is 1. The third-order valence-corrected chi connectivity index (χ3v) is 2.99. The van der Waals surface area contributed by atoms with Crippen molar-refractivity contribution < 1.29 is 4.79 Å². The van der Waals surface area contributed by atoms with Crippen molar-refractivity contribution in [3.05, 3.63) is 24.0 Å². The maximum Gasteiger partial charge on any atom is 0.166 e. The van der Waals surface area contributed by atoms with Crippen molar-refractivity contribution in [1.82, 2.24) is 4.57 Å². The Morgan fingerprint density at radius 3 is 3.00 bits per heavy atom. The summed E-state index contributed by atoms with van der Waals surface area (Å²) in [5, 5.41) is 0. The average Bonchev–Trinajstić information content (AvgIpc) is 2.71. The number of hydrogen-bond donors (Lipinski definition) is 0. The molecule has 0 aliphatic heterocycles. The van der Waals surface area contributed by atoms with Crippen molar-refractivity contribution in [2.24, 2.45) is 5.92 Å². The highest BCUT2D eigenvalue weighted by Crippen LogP contribution is 2.34. The molecule has 70 valence electrons. The van der Waals surface area contributed by atoms with Crippen molar-refractivity contribution >= 4 is 6.29 Å². The van der Waals surface area contributed by atoms with Gasteiger partial charge in [-0.15, -0.1) is 0 Å². The van der Waals surface area contributed by atoms with Crippen LogP contribution in [-0.4, -0.2) is 10.9 Å².